The van der Waals surface area contributed by atoms with E-state index in [1.54, 1.807) is 53.9 Å². The molecule has 12 heteroatoms. The molecule has 0 saturated heterocycles. The number of para-hydroxylation sites is 1. The maximum atomic E-state index is 13.1. The van der Waals surface area contributed by atoms with E-state index < -0.39 is 34.8 Å². The van der Waals surface area contributed by atoms with E-state index in [0.29, 0.717) is 22.5 Å². The van der Waals surface area contributed by atoms with Gasteiger partial charge in [-0.3, -0.25) is 4.79 Å². The summed E-state index contributed by atoms with van der Waals surface area (Å²) in [7, 11) is -3.39. The summed E-state index contributed by atoms with van der Waals surface area (Å²) in [6, 6.07) is 14.2. The maximum absolute atomic E-state index is 13.1. The number of ether oxygens (including phenoxy) is 1. The van der Waals surface area contributed by atoms with E-state index in [2.05, 4.69) is 15.0 Å². The number of sulfone groups is 1. The summed E-state index contributed by atoms with van der Waals surface area (Å²) in [5.74, 6) is -0.871. The minimum atomic E-state index is -4.83. The van der Waals surface area contributed by atoms with Crippen LogP contribution in [0.4, 0.5) is 13.2 Å². The molecule has 0 bridgehead atoms. The number of fused-ring (bicyclic) bond motifs is 1. The summed E-state index contributed by atoms with van der Waals surface area (Å²) in [5.41, 5.74) is 2.86. The average Bonchev–Trinajstić information content (AvgIpc) is 3.29. The molecule has 0 aliphatic carbocycles. The number of rotatable bonds is 10. The Labute approximate surface area is 235 Å². The van der Waals surface area contributed by atoms with Crippen molar-refractivity contribution in [2.24, 2.45) is 0 Å². The number of carbonyl (C=O) groups excluding carboxylic acids is 1. The number of nitrogens with one attached hydrogen (secondary N) is 1. The van der Waals surface area contributed by atoms with Crippen molar-refractivity contribution in [1.29, 1.82) is 0 Å². The highest BCUT2D eigenvalue weighted by Crippen LogP contribution is 2.30. The fourth-order valence-corrected chi connectivity index (χ4v) is 5.48. The van der Waals surface area contributed by atoms with E-state index in [0.717, 1.165) is 5.69 Å². The van der Waals surface area contributed by atoms with Gasteiger partial charge in [0.05, 0.1) is 29.0 Å². The Bertz CT molecular complexity index is 1650. The number of hydrogen-bond donors (Lipinski definition) is 2. The van der Waals surface area contributed by atoms with E-state index >= 15 is 0 Å². The molecule has 0 aliphatic rings. The van der Waals surface area contributed by atoms with E-state index in [9.17, 15) is 31.5 Å². The molecule has 2 N–H and O–H groups in total. The number of hydrogen-bond acceptors (Lipinski definition) is 6. The third kappa shape index (κ3) is 6.88. The van der Waals surface area contributed by atoms with Gasteiger partial charge in [0.1, 0.15) is 11.4 Å². The second-order valence-electron chi connectivity index (χ2n) is 9.76. The van der Waals surface area contributed by atoms with Crippen molar-refractivity contribution in [3.8, 4) is 5.75 Å². The molecule has 0 radical (unpaired) electrons. The molecule has 0 saturated carbocycles. The van der Waals surface area contributed by atoms with Gasteiger partial charge in [0, 0.05) is 29.4 Å². The van der Waals surface area contributed by atoms with Crippen LogP contribution in [0.3, 0.4) is 0 Å². The Morgan fingerprint density at radius 2 is 1.78 bits per heavy atom. The fourth-order valence-electron chi connectivity index (χ4n) is 4.60. The average molecular weight is 590 g/mol. The Kier molecular flexibility index (Phi) is 8.74. The molecule has 2 aromatic heterocycles. The van der Waals surface area contributed by atoms with Gasteiger partial charge in [-0.25, -0.2) is 13.4 Å². The highest BCUT2D eigenvalue weighted by Gasteiger charge is 2.32. The molecule has 4 rings (SSSR count). The molecule has 8 nitrogen and oxygen atoms in total. The van der Waals surface area contributed by atoms with Crippen molar-refractivity contribution in [2.45, 2.75) is 50.4 Å². The molecule has 2 heterocycles. The zero-order valence-corrected chi connectivity index (χ0v) is 23.5. The summed E-state index contributed by atoms with van der Waals surface area (Å²) in [5, 5.41) is 12.7. The van der Waals surface area contributed by atoms with E-state index in [1.807, 2.05) is 13.8 Å². The van der Waals surface area contributed by atoms with Gasteiger partial charge in [-0.1, -0.05) is 51.1 Å². The monoisotopic (exact) mass is 589 g/mol. The topological polar surface area (TPSA) is 110 Å². The number of benzene rings is 2. The second kappa shape index (κ2) is 11.9. The summed E-state index contributed by atoms with van der Waals surface area (Å²) in [4.78, 5) is 17.9. The smallest absolute Gasteiger partial charge is 0.405 e. The van der Waals surface area contributed by atoms with Crippen molar-refractivity contribution in [3.63, 3.8) is 0 Å². The van der Waals surface area contributed by atoms with Gasteiger partial charge in [-0.15, -0.1) is 13.2 Å². The maximum Gasteiger partial charge on any atom is 0.573 e. The molecular formula is C29H30F3N3O5S. The van der Waals surface area contributed by atoms with Gasteiger partial charge in [0.15, 0.2) is 9.84 Å². The van der Waals surface area contributed by atoms with E-state index in [-0.39, 0.29) is 34.3 Å². The Morgan fingerprint density at radius 1 is 1.10 bits per heavy atom. The number of carbonyl (C=O) groups is 1. The standard InChI is InChI=1S/C29H30F3N3O5S/c1-4-41(38,39)22-11-9-19(10-12-22)24(17-36)34-28(37)21-13-14-35-26(16-21)33-23(27(35)18(2)3)15-20-7-5-6-8-25(20)40-29(30,31)32/h5-14,16,18,24,36H,4,15,17H2,1-3H3,(H,34,37)/t24-/m0/s1. The van der Waals surface area contributed by atoms with Crippen LogP contribution in [0.2, 0.25) is 0 Å². The first-order valence-electron chi connectivity index (χ1n) is 12.9. The molecule has 218 valence electrons. The summed E-state index contributed by atoms with van der Waals surface area (Å²) >= 11 is 0. The fraction of sp³-hybridized carbons (Fsp3) is 0.310. The van der Waals surface area contributed by atoms with Crippen molar-refractivity contribution in [1.82, 2.24) is 14.7 Å². The molecule has 0 fully saturated rings. The molecule has 41 heavy (non-hydrogen) atoms. The number of alkyl halides is 3. The number of pyridine rings is 1. The number of imidazole rings is 1. The Balaban J connectivity index is 1.61. The quantitative estimate of drug-likeness (QED) is 0.263. The first-order valence-corrected chi connectivity index (χ1v) is 14.6. The lowest BCUT2D eigenvalue weighted by molar-refractivity contribution is -0.274. The van der Waals surface area contributed by atoms with Crippen LogP contribution in [0, 0.1) is 0 Å². The second-order valence-corrected chi connectivity index (χ2v) is 12.0. The largest absolute Gasteiger partial charge is 0.573 e. The predicted octanol–water partition coefficient (Wildman–Crippen LogP) is 5.20. The number of nitrogens with zero attached hydrogens (tertiary/aromatic N) is 2. The zero-order valence-electron chi connectivity index (χ0n) is 22.6. The van der Waals surface area contributed by atoms with Crippen LogP contribution in [0.1, 0.15) is 65.6 Å². The lowest BCUT2D eigenvalue weighted by atomic mass is 10.0. The third-order valence-corrected chi connectivity index (χ3v) is 8.36. The van der Waals surface area contributed by atoms with Gasteiger partial charge in [0.25, 0.3) is 5.91 Å². The van der Waals surface area contributed by atoms with Crippen molar-refractivity contribution in [2.75, 3.05) is 12.4 Å². The van der Waals surface area contributed by atoms with Gasteiger partial charge in [0.2, 0.25) is 0 Å². The Hall–Kier alpha value is -3.90. The third-order valence-electron chi connectivity index (χ3n) is 6.61. The molecule has 0 aliphatic heterocycles. The van der Waals surface area contributed by atoms with Crippen LogP contribution >= 0.6 is 0 Å². The molecular weight excluding hydrogens is 559 g/mol. The van der Waals surface area contributed by atoms with Crippen molar-refractivity contribution >= 4 is 21.4 Å². The number of aromatic nitrogens is 2. The first-order chi connectivity index (χ1) is 19.3. The lowest BCUT2D eigenvalue weighted by Crippen LogP contribution is -2.30. The van der Waals surface area contributed by atoms with Gasteiger partial charge < -0.3 is 19.6 Å². The SMILES string of the molecule is CCS(=O)(=O)c1ccc([C@H](CO)NC(=O)c2ccn3c(C(C)C)c(Cc4ccccc4OC(F)(F)F)nc3c2)cc1. The minimum Gasteiger partial charge on any atom is -0.405 e. The van der Waals surface area contributed by atoms with Gasteiger partial charge >= 0.3 is 6.36 Å². The van der Waals surface area contributed by atoms with Crippen LogP contribution < -0.4 is 10.1 Å². The zero-order chi connectivity index (χ0) is 29.9. The molecule has 4 aromatic rings. The number of amides is 1. The number of halogens is 3. The van der Waals surface area contributed by atoms with Crippen molar-refractivity contribution in [3.05, 3.63) is 94.9 Å². The van der Waals surface area contributed by atoms with Gasteiger partial charge in [-0.05, 0) is 41.8 Å². The predicted molar refractivity (Wildman–Crippen MR) is 147 cm³/mol. The summed E-state index contributed by atoms with van der Waals surface area (Å²) in [6.07, 6.45) is -3.08. The van der Waals surface area contributed by atoms with E-state index in [1.165, 1.54) is 24.3 Å². The Morgan fingerprint density at radius 3 is 2.39 bits per heavy atom. The number of aliphatic hydroxyl groups excluding tert-OH is 1. The molecule has 0 unspecified atom stereocenters. The van der Waals surface area contributed by atoms with E-state index in [4.69, 9.17) is 0 Å². The minimum absolute atomic E-state index is 0.0337. The van der Waals surface area contributed by atoms with Crippen LogP contribution in [0.15, 0.2) is 71.8 Å². The summed E-state index contributed by atoms with van der Waals surface area (Å²) < 4.78 is 69.0. The van der Waals surface area contributed by atoms with Crippen LogP contribution in [-0.4, -0.2) is 47.5 Å². The normalized spacial score (nSPS) is 13.0. The van der Waals surface area contributed by atoms with Gasteiger partial charge in [-0.2, -0.15) is 0 Å². The first kappa shape index (κ1) is 30.1. The lowest BCUT2D eigenvalue weighted by Gasteiger charge is -2.17. The molecule has 1 amide bonds. The molecule has 0 spiro atoms. The summed E-state index contributed by atoms with van der Waals surface area (Å²) in [6.45, 7) is 5.01. The highest BCUT2D eigenvalue weighted by atomic mass is 32.2. The molecule has 2 aromatic carbocycles. The van der Waals surface area contributed by atoms with Crippen LogP contribution in [0.25, 0.3) is 5.65 Å². The van der Waals surface area contributed by atoms with Crippen molar-refractivity contribution < 1.29 is 36.2 Å². The number of aliphatic hydroxyl groups is 1. The van der Waals surface area contributed by atoms with Crippen LogP contribution in [-0.2, 0) is 16.3 Å². The van der Waals surface area contributed by atoms with Crippen LogP contribution in [0.5, 0.6) is 5.75 Å². The highest BCUT2D eigenvalue weighted by molar-refractivity contribution is 7.91. The molecule has 1 atom stereocenters.